The average Bonchev–Trinajstić information content (AvgIpc) is 3.37. The summed E-state index contributed by atoms with van der Waals surface area (Å²) >= 11 is 0. The van der Waals surface area contributed by atoms with E-state index in [4.69, 9.17) is 23.3 Å². The fraction of sp³-hybridized carbons (Fsp3) is 0.650. The van der Waals surface area contributed by atoms with Crippen LogP contribution in [0.4, 0.5) is 0 Å². The van der Waals surface area contributed by atoms with E-state index in [2.05, 4.69) is 106 Å². The van der Waals surface area contributed by atoms with Crippen molar-refractivity contribution in [3.63, 3.8) is 0 Å². The Bertz CT molecular complexity index is 1620. The van der Waals surface area contributed by atoms with E-state index >= 15 is 0 Å². The van der Waals surface area contributed by atoms with Crippen molar-refractivity contribution >= 4 is 25.7 Å². The van der Waals surface area contributed by atoms with Gasteiger partial charge >= 0.3 is 25.7 Å². The van der Waals surface area contributed by atoms with Crippen molar-refractivity contribution in [2.45, 2.75) is 226 Å². The maximum absolute atomic E-state index is 12.9. The Hall–Kier alpha value is -3.86. The topological polar surface area (TPSA) is 155 Å². The summed E-state index contributed by atoms with van der Waals surface area (Å²) in [6.45, 7) is 4.26. The summed E-state index contributed by atoms with van der Waals surface area (Å²) in [7, 11) is -4.78. The van der Waals surface area contributed by atoms with Crippen LogP contribution < -0.4 is 0 Å². The summed E-state index contributed by atoms with van der Waals surface area (Å²) in [4.78, 5) is 48.4. The third-order valence-electron chi connectivity index (χ3n) is 11.2. The van der Waals surface area contributed by atoms with E-state index < -0.39 is 57.8 Å². The van der Waals surface area contributed by atoms with E-state index in [0.29, 0.717) is 19.3 Å². The van der Waals surface area contributed by atoms with Gasteiger partial charge in [-0.2, -0.15) is 0 Å². The molecule has 72 heavy (non-hydrogen) atoms. The first-order chi connectivity index (χ1) is 35.2. The summed E-state index contributed by atoms with van der Waals surface area (Å²) in [5.74, 6) is -1.65. The number of carbonyl (C=O) groups is 3. The Morgan fingerprint density at radius 3 is 1.24 bits per heavy atom. The number of rotatable bonds is 50. The standard InChI is InChI=1S/C60H99O11P/c1-4-7-10-13-16-19-22-25-28-31-34-37-40-43-46-49-58(62)67-53-57(71-60(64)51-48-45-42-39-36-33-30-27-24-21-18-15-12-9-6-3)55-69-72(65,66)68-54-56(52-61)70-59(63)50-47-44-41-38-35-32-29-26-23-20-17-14-11-8-5-2/h8-9,11-12,17-18,20-21,25-30,36,39,45,48,56-57,61H,4-7,10,13-16,19,22-24,31-35,37-38,40-44,46-47,49-55H2,1-3H3,(H,65,66)/b11-8-,12-9-,20-17-,21-18-,28-25-,29-26-,30-27-,39-36-,48-45-. The van der Waals surface area contributed by atoms with E-state index in [1.807, 2.05) is 18.2 Å². The van der Waals surface area contributed by atoms with Gasteiger partial charge in [0.15, 0.2) is 6.10 Å². The number of phosphoric acid groups is 1. The van der Waals surface area contributed by atoms with Gasteiger partial charge in [0.1, 0.15) is 12.7 Å². The van der Waals surface area contributed by atoms with Crippen molar-refractivity contribution in [2.24, 2.45) is 0 Å². The fourth-order valence-electron chi connectivity index (χ4n) is 7.03. The molecule has 11 nitrogen and oxygen atoms in total. The van der Waals surface area contributed by atoms with Gasteiger partial charge in [0.05, 0.1) is 26.2 Å². The molecule has 0 heterocycles. The number of ether oxygens (including phenoxy) is 3. The smallest absolute Gasteiger partial charge is 0.462 e. The average molecular weight is 1030 g/mol. The van der Waals surface area contributed by atoms with Gasteiger partial charge in [0, 0.05) is 12.8 Å². The molecule has 0 aliphatic rings. The predicted octanol–water partition coefficient (Wildman–Crippen LogP) is 16.2. The highest BCUT2D eigenvalue weighted by Gasteiger charge is 2.28. The number of unbranched alkanes of at least 4 members (excludes halogenated alkanes) is 16. The predicted molar refractivity (Wildman–Crippen MR) is 297 cm³/mol. The molecule has 0 fully saturated rings. The highest BCUT2D eigenvalue weighted by molar-refractivity contribution is 7.47. The van der Waals surface area contributed by atoms with Crippen molar-refractivity contribution in [3.8, 4) is 0 Å². The number of esters is 3. The van der Waals surface area contributed by atoms with Gasteiger partial charge in [-0.15, -0.1) is 0 Å². The quantitative estimate of drug-likeness (QED) is 0.0197. The number of aliphatic hydroxyl groups excluding tert-OH is 1. The molecule has 0 spiro atoms. The molecular weight excluding hydrogens is 928 g/mol. The highest BCUT2D eigenvalue weighted by Crippen LogP contribution is 2.43. The van der Waals surface area contributed by atoms with Crippen LogP contribution in [0.2, 0.25) is 0 Å². The van der Waals surface area contributed by atoms with Gasteiger partial charge in [-0.05, 0) is 103 Å². The second-order valence-corrected chi connectivity index (χ2v) is 19.4. The van der Waals surface area contributed by atoms with Crippen LogP contribution in [0.25, 0.3) is 0 Å². The molecule has 0 aromatic carbocycles. The van der Waals surface area contributed by atoms with E-state index in [1.54, 1.807) is 6.08 Å². The van der Waals surface area contributed by atoms with Crippen LogP contribution in [0.3, 0.4) is 0 Å². The van der Waals surface area contributed by atoms with Crippen molar-refractivity contribution in [1.29, 1.82) is 0 Å². The lowest BCUT2D eigenvalue weighted by atomic mass is 10.1. The third-order valence-corrected chi connectivity index (χ3v) is 12.1. The molecule has 12 heteroatoms. The number of carbonyl (C=O) groups excluding carboxylic acids is 3. The maximum Gasteiger partial charge on any atom is 0.472 e. The van der Waals surface area contributed by atoms with Crippen LogP contribution in [0.1, 0.15) is 213 Å². The van der Waals surface area contributed by atoms with Crippen molar-refractivity contribution in [3.05, 3.63) is 109 Å². The first kappa shape index (κ1) is 68.1. The zero-order valence-electron chi connectivity index (χ0n) is 45.1. The van der Waals surface area contributed by atoms with Crippen LogP contribution in [0.15, 0.2) is 109 Å². The minimum atomic E-state index is -4.78. The molecule has 0 saturated carbocycles. The molecule has 0 aromatic heterocycles. The van der Waals surface area contributed by atoms with Gasteiger partial charge in [0.25, 0.3) is 0 Å². The second-order valence-electron chi connectivity index (χ2n) is 18.0. The summed E-state index contributed by atoms with van der Waals surface area (Å²) in [6.07, 6.45) is 63.7. The molecule has 0 bridgehead atoms. The van der Waals surface area contributed by atoms with Gasteiger partial charge in [-0.3, -0.25) is 23.4 Å². The molecule has 410 valence electrons. The monoisotopic (exact) mass is 1030 g/mol. The Kier molecular flexibility index (Phi) is 50.6. The van der Waals surface area contributed by atoms with Gasteiger partial charge in [-0.25, -0.2) is 4.57 Å². The van der Waals surface area contributed by atoms with E-state index in [9.17, 15) is 28.9 Å². The lowest BCUT2D eigenvalue weighted by molar-refractivity contribution is -0.160. The Morgan fingerprint density at radius 1 is 0.417 bits per heavy atom. The maximum atomic E-state index is 12.9. The number of phosphoric ester groups is 1. The molecule has 0 aromatic rings. The summed E-state index contributed by atoms with van der Waals surface area (Å²) in [5.41, 5.74) is 0. The Morgan fingerprint density at radius 2 is 0.778 bits per heavy atom. The Balaban J connectivity index is 4.86. The first-order valence-corrected chi connectivity index (χ1v) is 29.3. The number of aliphatic hydroxyl groups is 1. The zero-order chi connectivity index (χ0) is 52.7. The summed E-state index contributed by atoms with van der Waals surface area (Å²) < 4.78 is 39.3. The van der Waals surface area contributed by atoms with E-state index in [-0.39, 0.29) is 25.9 Å². The third kappa shape index (κ3) is 51.1. The SMILES string of the molecule is CC/C=C\C/C=C\C/C=C\C/C=C\C/C=C\CC(=O)OC(COC(=O)CCCCCCC/C=C\CCCCCCCC)COP(=O)(O)OCC(CO)OC(=O)CCCCCCC/C=C\C/C=C\C/C=C\CC. The molecule has 0 amide bonds. The van der Waals surface area contributed by atoms with Crippen LogP contribution in [0.5, 0.6) is 0 Å². The van der Waals surface area contributed by atoms with Crippen LogP contribution >= 0.6 is 7.82 Å². The number of allylic oxidation sites excluding steroid dienone is 17. The molecular formula is C60H99O11P. The molecule has 0 saturated heterocycles. The lowest BCUT2D eigenvalue weighted by Crippen LogP contribution is -2.30. The number of hydrogen-bond acceptors (Lipinski definition) is 10. The zero-order valence-corrected chi connectivity index (χ0v) is 46.0. The highest BCUT2D eigenvalue weighted by atomic mass is 31.2. The minimum Gasteiger partial charge on any atom is -0.462 e. The normalized spacial score (nSPS) is 14.2. The molecule has 0 rings (SSSR count). The molecule has 2 N–H and O–H groups in total. The van der Waals surface area contributed by atoms with Crippen molar-refractivity contribution in [1.82, 2.24) is 0 Å². The molecule has 3 atom stereocenters. The van der Waals surface area contributed by atoms with Gasteiger partial charge in [0.2, 0.25) is 0 Å². The molecule has 0 radical (unpaired) electrons. The fourth-order valence-corrected chi connectivity index (χ4v) is 7.81. The lowest BCUT2D eigenvalue weighted by Gasteiger charge is -2.21. The minimum absolute atomic E-state index is 0.0720. The van der Waals surface area contributed by atoms with Crippen LogP contribution in [-0.4, -0.2) is 66.5 Å². The summed E-state index contributed by atoms with van der Waals surface area (Å²) in [5, 5.41) is 9.80. The first-order valence-electron chi connectivity index (χ1n) is 27.8. The molecule has 0 aliphatic carbocycles. The summed E-state index contributed by atoms with van der Waals surface area (Å²) in [6, 6.07) is 0. The van der Waals surface area contributed by atoms with Crippen molar-refractivity contribution < 1.29 is 52.2 Å². The van der Waals surface area contributed by atoms with E-state index in [1.165, 1.54) is 38.5 Å². The van der Waals surface area contributed by atoms with Crippen LogP contribution in [0, 0.1) is 0 Å². The second kappa shape index (κ2) is 53.4. The van der Waals surface area contributed by atoms with Crippen LogP contribution in [-0.2, 0) is 42.2 Å². The van der Waals surface area contributed by atoms with Gasteiger partial charge in [-0.1, -0.05) is 201 Å². The van der Waals surface area contributed by atoms with Gasteiger partial charge < -0.3 is 24.2 Å². The van der Waals surface area contributed by atoms with Crippen molar-refractivity contribution in [2.75, 3.05) is 26.4 Å². The molecule has 0 aliphatic heterocycles. The van der Waals surface area contributed by atoms with E-state index in [0.717, 1.165) is 116 Å². The largest absolute Gasteiger partial charge is 0.472 e. The molecule has 3 unspecified atom stereocenters. The number of hydrogen-bond donors (Lipinski definition) is 2. The Labute approximate surface area is 437 Å².